The largest absolute Gasteiger partial charge is 0.391 e. The highest BCUT2D eigenvalue weighted by molar-refractivity contribution is 5.92. The summed E-state index contributed by atoms with van der Waals surface area (Å²) < 4.78 is 0. The Balaban J connectivity index is -0.00000125. The van der Waals surface area contributed by atoms with Crippen LogP contribution in [0.25, 0.3) is 0 Å². The van der Waals surface area contributed by atoms with Gasteiger partial charge in [-0.2, -0.15) is 0 Å². The van der Waals surface area contributed by atoms with Crippen LogP contribution >= 0.6 is 0 Å². The molecule has 0 aliphatic heterocycles. The van der Waals surface area contributed by atoms with Gasteiger partial charge in [-0.3, -0.25) is 47.9 Å². The van der Waals surface area contributed by atoms with E-state index in [-0.39, 0.29) is 136 Å². The van der Waals surface area contributed by atoms with Gasteiger partial charge < -0.3 is 75.9 Å². The molecule has 0 saturated heterocycles. The number of hydrogen-bond acceptors (Lipinski definition) is 24. The first-order valence-electron chi connectivity index (χ1n) is 37.9. The summed E-state index contributed by atoms with van der Waals surface area (Å²) in [4.78, 5) is 120. The van der Waals surface area contributed by atoms with Crippen molar-refractivity contribution in [3.63, 3.8) is 0 Å². The second-order valence-corrected chi connectivity index (χ2v) is 28.4. The van der Waals surface area contributed by atoms with Crippen molar-refractivity contribution in [1.29, 1.82) is 0 Å². The van der Waals surface area contributed by atoms with Gasteiger partial charge in [0.1, 0.15) is 28.9 Å². The summed E-state index contributed by atoms with van der Waals surface area (Å²) in [6, 6.07) is 18.4. The Kier molecular flexibility index (Phi) is 59.2. The number of benzene rings is 2. The summed E-state index contributed by atoms with van der Waals surface area (Å²) in [6.45, 7) is 36.3. The second-order valence-electron chi connectivity index (χ2n) is 28.4. The number of carbonyl (C=O) groups excluding carboxylic acids is 10. The molecule has 0 aliphatic rings. The van der Waals surface area contributed by atoms with E-state index in [1.807, 2.05) is 95.4 Å². The van der Waals surface area contributed by atoms with Crippen molar-refractivity contribution < 1.29 is 53.1 Å². The van der Waals surface area contributed by atoms with Crippen LogP contribution in [-0.4, -0.2) is 161 Å². The third kappa shape index (κ3) is 50.7. The molecule has 0 aromatic heterocycles. The van der Waals surface area contributed by atoms with Crippen LogP contribution in [0.4, 0.5) is 0 Å². The molecule has 0 heterocycles. The van der Waals surface area contributed by atoms with Gasteiger partial charge in [0.05, 0.1) is 59.6 Å². The predicted molar refractivity (Wildman–Crippen MR) is 431 cm³/mol. The fourth-order valence-corrected chi connectivity index (χ4v) is 12.0. The Labute approximate surface area is 637 Å². The van der Waals surface area contributed by atoms with Gasteiger partial charge in [0, 0.05) is 87.9 Å². The van der Waals surface area contributed by atoms with Crippen molar-refractivity contribution in [3.8, 4) is 0 Å². The van der Waals surface area contributed by atoms with Crippen molar-refractivity contribution in [2.45, 2.75) is 234 Å². The molecule has 24 heteroatoms. The van der Waals surface area contributed by atoms with Crippen molar-refractivity contribution in [2.24, 2.45) is 64.4 Å². The topological polar surface area (TPSA) is 403 Å². The van der Waals surface area contributed by atoms with Crippen molar-refractivity contribution in [1.82, 2.24) is 47.9 Å². The summed E-state index contributed by atoms with van der Waals surface area (Å²) in [7, 11) is 8.77. The molecule has 1 unspecified atom stereocenters. The van der Waals surface area contributed by atoms with Gasteiger partial charge in [-0.25, -0.2) is 0 Å². The van der Waals surface area contributed by atoms with Gasteiger partial charge in [0.15, 0.2) is 28.9 Å². The number of ketones is 10. The van der Waals surface area contributed by atoms with Gasteiger partial charge in [0.2, 0.25) is 0 Å². The lowest BCUT2D eigenvalue weighted by Gasteiger charge is -2.21. The van der Waals surface area contributed by atoms with Gasteiger partial charge >= 0.3 is 0 Å². The first-order valence-corrected chi connectivity index (χ1v) is 37.9. The van der Waals surface area contributed by atoms with E-state index >= 15 is 0 Å². The van der Waals surface area contributed by atoms with E-state index in [1.165, 1.54) is 6.92 Å². The number of rotatable bonds is 56. The van der Waals surface area contributed by atoms with E-state index < -0.39 is 12.1 Å². The van der Waals surface area contributed by atoms with Gasteiger partial charge in [-0.1, -0.05) is 141 Å². The minimum atomic E-state index is -0.776. The number of unbranched alkanes of at least 4 members (excludes halogenated alkanes) is 2. The van der Waals surface area contributed by atoms with Crippen LogP contribution in [0.2, 0.25) is 0 Å². The average Bonchev–Trinajstić information content (AvgIpc) is 0.916. The fraction of sp³-hybridized carbons (Fsp3) is 0.634. The van der Waals surface area contributed by atoms with Gasteiger partial charge in [-0.15, -0.1) is 0 Å². The minimum absolute atomic E-state index is 0.00892. The van der Waals surface area contributed by atoms with Gasteiger partial charge in [-0.05, 0) is 170 Å². The zero-order chi connectivity index (χ0) is 81.4. The van der Waals surface area contributed by atoms with E-state index in [2.05, 4.69) is 81.1 Å². The number of carbonyl (C=O) groups is 10. The second kappa shape index (κ2) is 61.3. The minimum Gasteiger partial charge on any atom is -0.391 e. The van der Waals surface area contributed by atoms with E-state index in [0.29, 0.717) is 107 Å². The molecular weight excluding hydrogens is 1340 g/mol. The molecule has 24 nitrogen and oxygen atoms in total. The quantitative estimate of drug-likeness (QED) is 0.0283. The molecule has 0 aliphatic carbocycles. The van der Waals surface area contributed by atoms with Crippen LogP contribution in [-0.2, 0) is 60.8 Å². The maximum absolute atomic E-state index is 12.6. The third-order valence-electron chi connectivity index (χ3n) is 18.4. The molecule has 11 atom stereocenters. The Morgan fingerprint density at radius 2 is 0.594 bits per heavy atom. The Bertz CT molecular complexity index is 2750. The number of nitrogens with two attached hydrogens (primary N) is 4. The number of aliphatic hydroxyl groups is 1. The van der Waals surface area contributed by atoms with Crippen molar-refractivity contribution >= 4 is 57.8 Å². The molecule has 602 valence electrons. The molecule has 0 radical (unpaired) electrons. The Morgan fingerprint density at radius 1 is 0.358 bits per heavy atom. The number of likely N-dealkylation sites (N-methyl/N-ethyl adjacent to an activating group) is 5. The Hall–Kier alpha value is -7.74. The van der Waals surface area contributed by atoms with Crippen LogP contribution in [0.5, 0.6) is 0 Å². The maximum Gasteiger partial charge on any atom is 0.153 e. The molecule has 2 aromatic rings. The number of Topliss-reactive ketones (excluding diaryl/α,β-unsaturated/α-hetero) is 10. The molecule has 0 amide bonds. The first-order chi connectivity index (χ1) is 49.9. The van der Waals surface area contributed by atoms with Crippen LogP contribution in [0.15, 0.2) is 110 Å². The van der Waals surface area contributed by atoms with Crippen molar-refractivity contribution in [3.05, 3.63) is 121 Å². The predicted octanol–water partition coefficient (Wildman–Crippen LogP) is 7.65. The highest BCUT2D eigenvalue weighted by Crippen LogP contribution is 2.22. The molecule has 0 spiro atoms. The smallest absolute Gasteiger partial charge is 0.153 e. The average molecular weight is 1490 g/mol. The summed E-state index contributed by atoms with van der Waals surface area (Å²) in [6.07, 6.45) is 11.8. The lowest BCUT2D eigenvalue weighted by Crippen LogP contribution is -2.43. The maximum atomic E-state index is 12.6. The molecule has 0 bridgehead atoms. The summed E-state index contributed by atoms with van der Waals surface area (Å²) in [5.74, 6) is 1.67. The number of hydrogen-bond donors (Lipinski definition) is 14. The van der Waals surface area contributed by atoms with E-state index in [1.54, 1.807) is 62.8 Å². The highest BCUT2D eigenvalue weighted by Gasteiger charge is 2.30. The van der Waals surface area contributed by atoms with E-state index in [9.17, 15) is 53.1 Å². The van der Waals surface area contributed by atoms with Crippen LogP contribution < -0.4 is 70.8 Å². The molecule has 0 saturated carbocycles. The molecule has 106 heavy (non-hydrogen) atoms. The van der Waals surface area contributed by atoms with Crippen molar-refractivity contribution in [2.75, 3.05) is 61.4 Å². The van der Waals surface area contributed by atoms with Crippen LogP contribution in [0.1, 0.15) is 196 Å². The molecule has 2 rings (SSSR count). The Morgan fingerprint density at radius 3 is 0.792 bits per heavy atom. The molecule has 0 fully saturated rings. The monoisotopic (exact) mass is 1490 g/mol. The molecular formula is C82H143N13O11. The molecule has 18 N–H and O–H groups in total. The third-order valence-corrected chi connectivity index (χ3v) is 18.4. The van der Waals surface area contributed by atoms with Crippen LogP contribution in [0, 0.1) is 41.4 Å². The first kappa shape index (κ1) is 102. The highest BCUT2D eigenvalue weighted by atomic mass is 16.3. The van der Waals surface area contributed by atoms with E-state index in [0.717, 1.165) is 62.5 Å². The zero-order valence-electron chi connectivity index (χ0n) is 67.7. The van der Waals surface area contributed by atoms with E-state index in [4.69, 9.17) is 22.9 Å². The molecule has 2 aromatic carbocycles. The fourth-order valence-electron chi connectivity index (χ4n) is 12.0. The lowest BCUT2D eigenvalue weighted by atomic mass is 9.88. The van der Waals surface area contributed by atoms with Crippen LogP contribution in [0.3, 0.4) is 0 Å². The normalized spacial score (nSPS) is 13.9. The summed E-state index contributed by atoms with van der Waals surface area (Å²) in [5, 5.41) is 36.2. The summed E-state index contributed by atoms with van der Waals surface area (Å²) >= 11 is 0. The SMILES string of the molecule is C=C(N)NCCC[C@H](CC(=O)[C@@H](NC)C(C)C)C(C)=O.C=C(N)NCCC[C@H](CC(=O)[C@@H](NC)C(C)C)C(C)=O.C=C(N)NCCC[C@H](CC(=O)[C@@H](NC)C(C)O)C(C)=O.C=C(N)NCCC[C@H](CC(=O)[C@H](Cc1ccccc1)NC)C(C)=O.CCCCC[C@H](CC(=O)[C@H](Cc1ccccc1)NC)C(C)=O. The number of aliphatic hydroxyl groups excluding tert-OH is 1. The van der Waals surface area contributed by atoms with Gasteiger partial charge in [0.25, 0.3) is 0 Å². The zero-order valence-corrected chi connectivity index (χ0v) is 67.7. The lowest BCUT2D eigenvalue weighted by molar-refractivity contribution is -0.129. The standard InChI is InChI=1S/C19H29N3O2.C19H29NO2.2C15H29N3O2.C14H27N3O3/c1-14(23)17(10-7-11-22-15(2)20)13-19(24)18(21-3)12-16-8-5-4-6-9-16;1-4-5-7-12-17(15(2)21)14-19(22)18(20-3)13-16-10-8-6-9-11-16;2*1-10(2)15(17-5)14(20)9-13(11(3)19)7-6-8-18-12(4)16;1-9(18)12(6-5-7-17-11(3)15)8-13(20)14(16-4)10(2)19/h4-6,8-9,17-18,21-22H,2,7,10-13,20H2,1,3H3;6,8-11,17-18,20H,4-5,7,12-14H2,1-3H3;2*10,13,15,17-18H,4,6-9,16H2,1-3,5H3;10,12,14,16-17,19H,3,5-8,15H2,1-2,4H3/t2*17-,18+;2*13-,15+;10?,12-,14+/m11111/s1. The summed E-state index contributed by atoms with van der Waals surface area (Å²) in [5.41, 5.74) is 23.9. The number of nitrogens with one attached hydrogen (secondary N) is 9.